The van der Waals surface area contributed by atoms with E-state index in [9.17, 15) is 14.3 Å². The molecule has 1 aromatic rings. The number of carbonyl (C=O) groups is 1. The van der Waals surface area contributed by atoms with Gasteiger partial charge in [0, 0.05) is 31.9 Å². The van der Waals surface area contributed by atoms with Crippen LogP contribution in [0.3, 0.4) is 0 Å². The zero-order valence-corrected chi connectivity index (χ0v) is 12.6. The number of likely N-dealkylation sites (tertiary alicyclic amines) is 1. The van der Waals surface area contributed by atoms with Crippen LogP contribution in [0.5, 0.6) is 0 Å². The largest absolute Gasteiger partial charge is 0.391 e. The molecule has 2 N–H and O–H groups in total. The lowest BCUT2D eigenvalue weighted by Crippen LogP contribution is -2.44. The maximum Gasteiger partial charge on any atom is 0.321 e. The summed E-state index contributed by atoms with van der Waals surface area (Å²) in [6.07, 6.45) is 3.23. The van der Waals surface area contributed by atoms with Gasteiger partial charge >= 0.3 is 6.03 Å². The van der Waals surface area contributed by atoms with E-state index in [0.29, 0.717) is 24.5 Å². The number of β-amino-alcohol motifs (C(OH)–C–C–N with tert-alkyl or cyclic N) is 1. The zero-order chi connectivity index (χ0) is 15.5. The Labute approximate surface area is 129 Å². The minimum absolute atomic E-state index is 0.285. The highest BCUT2D eigenvalue weighted by Crippen LogP contribution is 2.26. The Morgan fingerprint density at radius 2 is 2.00 bits per heavy atom. The number of aliphatic hydroxyl groups excluding tert-OH is 1. The van der Waals surface area contributed by atoms with E-state index in [1.807, 2.05) is 4.90 Å². The van der Waals surface area contributed by atoms with Crippen LogP contribution in [0, 0.1) is 5.82 Å². The lowest BCUT2D eigenvalue weighted by atomic mass is 10.1. The Kier molecular flexibility index (Phi) is 4.47. The van der Waals surface area contributed by atoms with Crippen LogP contribution in [0.1, 0.15) is 25.7 Å². The number of amides is 2. The second-order valence-electron chi connectivity index (χ2n) is 6.03. The van der Waals surface area contributed by atoms with E-state index >= 15 is 0 Å². The van der Waals surface area contributed by atoms with Crippen molar-refractivity contribution in [2.75, 3.05) is 36.4 Å². The zero-order valence-electron chi connectivity index (χ0n) is 12.6. The Morgan fingerprint density at radius 3 is 2.68 bits per heavy atom. The van der Waals surface area contributed by atoms with Crippen LogP contribution < -0.4 is 10.2 Å². The van der Waals surface area contributed by atoms with Gasteiger partial charge in [-0.05, 0) is 43.9 Å². The summed E-state index contributed by atoms with van der Waals surface area (Å²) in [6, 6.07) is 4.54. The molecule has 22 heavy (non-hydrogen) atoms. The summed E-state index contributed by atoms with van der Waals surface area (Å²) < 4.78 is 14.2. The predicted octanol–water partition coefficient (Wildman–Crippen LogP) is 2.41. The molecule has 2 amide bonds. The Bertz CT molecular complexity index is 546. The summed E-state index contributed by atoms with van der Waals surface area (Å²) in [5.74, 6) is -0.307. The molecule has 0 unspecified atom stereocenters. The molecular weight excluding hydrogens is 285 g/mol. The molecule has 1 aromatic carbocycles. The van der Waals surface area contributed by atoms with Gasteiger partial charge < -0.3 is 20.2 Å². The van der Waals surface area contributed by atoms with Gasteiger partial charge in [0.15, 0.2) is 0 Å². The highest BCUT2D eigenvalue weighted by molar-refractivity contribution is 5.89. The molecule has 6 heteroatoms. The molecule has 2 saturated heterocycles. The summed E-state index contributed by atoms with van der Waals surface area (Å²) in [5, 5.41) is 12.3. The number of nitrogens with zero attached hydrogens (tertiary/aromatic N) is 2. The van der Waals surface area contributed by atoms with Crippen molar-refractivity contribution in [2.45, 2.75) is 31.8 Å². The monoisotopic (exact) mass is 307 g/mol. The number of piperidine rings is 1. The van der Waals surface area contributed by atoms with E-state index in [0.717, 1.165) is 38.8 Å². The number of hydrogen-bond acceptors (Lipinski definition) is 3. The number of aliphatic hydroxyl groups is 1. The van der Waals surface area contributed by atoms with Crippen LogP contribution in [0.4, 0.5) is 20.6 Å². The van der Waals surface area contributed by atoms with E-state index in [1.165, 1.54) is 6.07 Å². The summed E-state index contributed by atoms with van der Waals surface area (Å²) in [6.45, 7) is 2.72. The third-order valence-corrected chi connectivity index (χ3v) is 4.33. The number of urea groups is 1. The highest BCUT2D eigenvalue weighted by atomic mass is 19.1. The van der Waals surface area contributed by atoms with Gasteiger partial charge in [-0.2, -0.15) is 0 Å². The Morgan fingerprint density at radius 1 is 1.23 bits per heavy atom. The Balaban J connectivity index is 1.65. The summed E-state index contributed by atoms with van der Waals surface area (Å²) in [7, 11) is 0. The molecule has 1 atom stereocenters. The van der Waals surface area contributed by atoms with E-state index < -0.39 is 6.10 Å². The molecular formula is C16H22FN3O2. The normalized spacial score (nSPS) is 22.0. The van der Waals surface area contributed by atoms with Crippen molar-refractivity contribution in [3.05, 3.63) is 24.0 Å². The van der Waals surface area contributed by atoms with Gasteiger partial charge in [0.1, 0.15) is 5.82 Å². The van der Waals surface area contributed by atoms with E-state index in [4.69, 9.17) is 0 Å². The minimum atomic E-state index is -0.464. The smallest absolute Gasteiger partial charge is 0.321 e. The number of rotatable bonds is 2. The van der Waals surface area contributed by atoms with Crippen molar-refractivity contribution in [1.82, 2.24) is 4.90 Å². The summed E-state index contributed by atoms with van der Waals surface area (Å²) in [5.41, 5.74) is 1.05. The number of nitrogens with one attached hydrogen (secondary N) is 1. The fourth-order valence-corrected chi connectivity index (χ4v) is 3.14. The van der Waals surface area contributed by atoms with Gasteiger partial charge in [0.25, 0.3) is 0 Å². The molecule has 0 spiro atoms. The van der Waals surface area contributed by atoms with Crippen LogP contribution in [0.15, 0.2) is 18.2 Å². The number of carbonyl (C=O) groups excluding carboxylic acids is 1. The quantitative estimate of drug-likeness (QED) is 0.882. The number of hydrogen-bond donors (Lipinski definition) is 2. The van der Waals surface area contributed by atoms with E-state index in [1.54, 1.807) is 17.0 Å². The standard InChI is InChI=1S/C16H22FN3O2/c17-14-10-12(5-6-15(14)19-7-1-2-8-19)18-16(22)20-9-3-4-13(21)11-20/h5-6,10,13,21H,1-4,7-9,11H2,(H,18,22)/t13-/m0/s1. The molecule has 2 heterocycles. The fraction of sp³-hybridized carbons (Fsp3) is 0.562. The van der Waals surface area contributed by atoms with Crippen molar-refractivity contribution in [2.24, 2.45) is 0 Å². The number of benzene rings is 1. The molecule has 2 aliphatic heterocycles. The van der Waals surface area contributed by atoms with Crippen LogP contribution in [-0.4, -0.2) is 48.3 Å². The van der Waals surface area contributed by atoms with Gasteiger partial charge in [0.05, 0.1) is 11.8 Å². The molecule has 2 aliphatic rings. The SMILES string of the molecule is O=C(Nc1ccc(N2CCCC2)c(F)c1)N1CCC[C@H](O)C1. The topological polar surface area (TPSA) is 55.8 Å². The number of anilines is 2. The molecule has 0 bridgehead atoms. The summed E-state index contributed by atoms with van der Waals surface area (Å²) >= 11 is 0. The average molecular weight is 307 g/mol. The first kappa shape index (κ1) is 15.1. The minimum Gasteiger partial charge on any atom is -0.391 e. The van der Waals surface area contributed by atoms with Crippen molar-refractivity contribution in [1.29, 1.82) is 0 Å². The van der Waals surface area contributed by atoms with Gasteiger partial charge in [0.2, 0.25) is 0 Å². The second kappa shape index (κ2) is 6.52. The molecule has 2 fully saturated rings. The maximum absolute atomic E-state index is 14.2. The average Bonchev–Trinajstić information content (AvgIpc) is 3.01. The first-order valence-corrected chi connectivity index (χ1v) is 7.92. The molecule has 5 nitrogen and oxygen atoms in total. The molecule has 0 aliphatic carbocycles. The molecule has 0 radical (unpaired) electrons. The predicted molar refractivity (Wildman–Crippen MR) is 83.7 cm³/mol. The van der Waals surface area contributed by atoms with Crippen molar-refractivity contribution < 1.29 is 14.3 Å². The van der Waals surface area contributed by atoms with Gasteiger partial charge in [-0.25, -0.2) is 9.18 Å². The molecule has 120 valence electrons. The van der Waals surface area contributed by atoms with Crippen molar-refractivity contribution in [3.63, 3.8) is 0 Å². The third kappa shape index (κ3) is 3.32. The van der Waals surface area contributed by atoms with Gasteiger partial charge in [-0.15, -0.1) is 0 Å². The van der Waals surface area contributed by atoms with Crippen LogP contribution >= 0.6 is 0 Å². The van der Waals surface area contributed by atoms with Crippen LogP contribution in [0.25, 0.3) is 0 Å². The van der Waals surface area contributed by atoms with Crippen LogP contribution in [0.2, 0.25) is 0 Å². The van der Waals surface area contributed by atoms with E-state index in [-0.39, 0.29) is 11.8 Å². The molecule has 0 aromatic heterocycles. The lowest BCUT2D eigenvalue weighted by molar-refractivity contribution is 0.0883. The first-order chi connectivity index (χ1) is 10.6. The molecule has 0 saturated carbocycles. The second-order valence-corrected chi connectivity index (χ2v) is 6.03. The number of halogens is 1. The first-order valence-electron chi connectivity index (χ1n) is 7.92. The van der Waals surface area contributed by atoms with Gasteiger partial charge in [-0.1, -0.05) is 0 Å². The van der Waals surface area contributed by atoms with Crippen LogP contribution in [-0.2, 0) is 0 Å². The molecule has 3 rings (SSSR count). The van der Waals surface area contributed by atoms with Gasteiger partial charge in [-0.3, -0.25) is 0 Å². The highest BCUT2D eigenvalue weighted by Gasteiger charge is 2.22. The maximum atomic E-state index is 14.2. The lowest BCUT2D eigenvalue weighted by Gasteiger charge is -2.30. The third-order valence-electron chi connectivity index (χ3n) is 4.33. The Hall–Kier alpha value is -1.82. The van der Waals surface area contributed by atoms with Crippen molar-refractivity contribution in [3.8, 4) is 0 Å². The van der Waals surface area contributed by atoms with E-state index in [2.05, 4.69) is 5.32 Å². The van der Waals surface area contributed by atoms with Crippen molar-refractivity contribution >= 4 is 17.4 Å². The fourth-order valence-electron chi connectivity index (χ4n) is 3.14. The summed E-state index contributed by atoms with van der Waals surface area (Å²) in [4.78, 5) is 15.7.